The molecule has 0 unspecified atom stereocenters. The summed E-state index contributed by atoms with van der Waals surface area (Å²) in [6.07, 6.45) is 0.430. The Morgan fingerprint density at radius 2 is 1.92 bits per heavy atom. The first-order valence-electron chi connectivity index (χ1n) is 8.54. The largest absolute Gasteiger partial charge is 0.473 e. The molecular weight excluding hydrogens is 316 g/mol. The summed E-state index contributed by atoms with van der Waals surface area (Å²) in [6.45, 7) is 7.26. The predicted octanol–water partition coefficient (Wildman–Crippen LogP) is 3.95. The topological polar surface area (TPSA) is 51.7 Å². The van der Waals surface area contributed by atoms with Crippen molar-refractivity contribution >= 4 is 6.09 Å². The average Bonchev–Trinajstić information content (AvgIpc) is 2.59. The van der Waals surface area contributed by atoms with Gasteiger partial charge < -0.3 is 14.4 Å². The Morgan fingerprint density at radius 3 is 2.64 bits per heavy atom. The molecule has 0 atom stereocenters. The number of amides is 1. The molecule has 1 aliphatic rings. The van der Waals surface area contributed by atoms with Gasteiger partial charge in [0.1, 0.15) is 12.2 Å². The van der Waals surface area contributed by atoms with Crippen LogP contribution in [0.5, 0.6) is 5.88 Å². The van der Waals surface area contributed by atoms with Gasteiger partial charge in [-0.3, -0.25) is 0 Å². The van der Waals surface area contributed by atoms with Gasteiger partial charge in [0.05, 0.1) is 12.2 Å². The molecule has 1 aliphatic heterocycles. The summed E-state index contributed by atoms with van der Waals surface area (Å²) < 4.78 is 11.2. The third-order valence-electron chi connectivity index (χ3n) is 3.90. The van der Waals surface area contributed by atoms with E-state index in [0.29, 0.717) is 32.0 Å². The lowest BCUT2D eigenvalue weighted by Gasteiger charge is -2.30. The number of aromatic nitrogens is 1. The molecule has 3 rings (SSSR count). The Bertz CT molecular complexity index is 738. The van der Waals surface area contributed by atoms with Gasteiger partial charge in [0.15, 0.2) is 0 Å². The molecule has 5 heteroatoms. The maximum Gasteiger partial charge on any atom is 0.410 e. The lowest BCUT2D eigenvalue weighted by Crippen LogP contribution is -2.40. The van der Waals surface area contributed by atoms with Crippen molar-refractivity contribution in [3.63, 3.8) is 0 Å². The highest BCUT2D eigenvalue weighted by Crippen LogP contribution is 2.22. The highest BCUT2D eigenvalue weighted by Gasteiger charge is 2.26. The number of carbonyl (C=O) groups is 1. The molecule has 0 spiro atoms. The monoisotopic (exact) mass is 340 g/mol. The Hall–Kier alpha value is -2.56. The van der Waals surface area contributed by atoms with E-state index < -0.39 is 5.60 Å². The molecular formula is C20H24N2O3. The van der Waals surface area contributed by atoms with Crippen molar-refractivity contribution in [1.29, 1.82) is 0 Å². The van der Waals surface area contributed by atoms with Crippen LogP contribution in [0.15, 0.2) is 42.5 Å². The third-order valence-corrected chi connectivity index (χ3v) is 3.90. The summed E-state index contributed by atoms with van der Waals surface area (Å²) >= 11 is 0. The van der Waals surface area contributed by atoms with Crippen LogP contribution in [-0.2, 0) is 24.3 Å². The van der Waals surface area contributed by atoms with Crippen LogP contribution in [0.3, 0.4) is 0 Å². The molecule has 25 heavy (non-hydrogen) atoms. The summed E-state index contributed by atoms with van der Waals surface area (Å²) in [5.41, 5.74) is 2.66. The number of fused-ring (bicyclic) bond motifs is 1. The average molecular weight is 340 g/mol. The van der Waals surface area contributed by atoms with Crippen LogP contribution in [-0.4, -0.2) is 28.1 Å². The van der Waals surface area contributed by atoms with Gasteiger partial charge in [-0.2, -0.15) is 0 Å². The Labute approximate surface area is 148 Å². The number of rotatable bonds is 3. The van der Waals surface area contributed by atoms with Crippen LogP contribution in [0.25, 0.3) is 0 Å². The van der Waals surface area contributed by atoms with E-state index in [4.69, 9.17) is 9.47 Å². The van der Waals surface area contributed by atoms with Crippen molar-refractivity contribution in [2.24, 2.45) is 0 Å². The first-order chi connectivity index (χ1) is 11.9. The molecule has 0 saturated carbocycles. The van der Waals surface area contributed by atoms with Gasteiger partial charge >= 0.3 is 6.09 Å². The number of hydrogen-bond donors (Lipinski definition) is 0. The first-order valence-corrected chi connectivity index (χ1v) is 8.54. The standard InChI is InChI=1S/C20H24N2O3/c1-20(2,3)25-19(23)22-12-11-17-16(13-22)9-10-18(21-17)24-14-15-7-5-4-6-8-15/h4-10H,11-14H2,1-3H3. The fourth-order valence-electron chi connectivity index (χ4n) is 2.69. The summed E-state index contributed by atoms with van der Waals surface area (Å²) in [4.78, 5) is 18.5. The second-order valence-electron chi connectivity index (χ2n) is 7.18. The number of nitrogens with zero attached hydrogens (tertiary/aromatic N) is 2. The van der Waals surface area contributed by atoms with E-state index in [1.54, 1.807) is 4.90 Å². The summed E-state index contributed by atoms with van der Waals surface area (Å²) in [6, 6.07) is 13.9. The zero-order chi connectivity index (χ0) is 17.9. The molecule has 1 amide bonds. The molecule has 2 aromatic rings. The van der Waals surface area contributed by atoms with Crippen LogP contribution >= 0.6 is 0 Å². The van der Waals surface area contributed by atoms with Crippen LogP contribution in [0.4, 0.5) is 4.79 Å². The molecule has 0 radical (unpaired) electrons. The Morgan fingerprint density at radius 1 is 1.16 bits per heavy atom. The molecule has 0 saturated heterocycles. The van der Waals surface area contributed by atoms with Gasteiger partial charge in [0.2, 0.25) is 5.88 Å². The third kappa shape index (κ3) is 4.72. The van der Waals surface area contributed by atoms with E-state index in [9.17, 15) is 4.79 Å². The first kappa shape index (κ1) is 17.3. The van der Waals surface area contributed by atoms with E-state index in [0.717, 1.165) is 16.8 Å². The van der Waals surface area contributed by atoms with E-state index in [-0.39, 0.29) is 6.09 Å². The van der Waals surface area contributed by atoms with Crippen molar-refractivity contribution in [2.75, 3.05) is 6.54 Å². The number of hydrogen-bond acceptors (Lipinski definition) is 4. The normalized spacial score (nSPS) is 14.0. The van der Waals surface area contributed by atoms with Gasteiger partial charge in [0.25, 0.3) is 0 Å². The van der Waals surface area contributed by atoms with E-state index in [1.165, 1.54) is 0 Å². The molecule has 1 aromatic heterocycles. The molecule has 132 valence electrons. The lowest BCUT2D eigenvalue weighted by atomic mass is 10.1. The smallest absolute Gasteiger partial charge is 0.410 e. The molecule has 0 aliphatic carbocycles. The SMILES string of the molecule is CC(C)(C)OC(=O)N1CCc2nc(OCc3ccccc3)ccc2C1. The van der Waals surface area contributed by atoms with Gasteiger partial charge in [-0.15, -0.1) is 0 Å². The van der Waals surface area contributed by atoms with Gasteiger partial charge in [0, 0.05) is 19.0 Å². The van der Waals surface area contributed by atoms with E-state index in [1.807, 2.05) is 63.2 Å². The Balaban J connectivity index is 1.62. The Kier molecular flexibility index (Phi) is 4.93. The second kappa shape index (κ2) is 7.13. The number of carbonyl (C=O) groups excluding carboxylic acids is 1. The number of pyridine rings is 1. The van der Waals surface area contributed by atoms with Crippen molar-refractivity contribution in [3.8, 4) is 5.88 Å². The van der Waals surface area contributed by atoms with Crippen molar-refractivity contribution in [1.82, 2.24) is 9.88 Å². The number of benzene rings is 1. The van der Waals surface area contributed by atoms with Gasteiger partial charge in [-0.05, 0) is 31.9 Å². The number of ether oxygens (including phenoxy) is 2. The van der Waals surface area contributed by atoms with Crippen LogP contribution < -0.4 is 4.74 Å². The maximum atomic E-state index is 12.2. The van der Waals surface area contributed by atoms with Gasteiger partial charge in [-0.1, -0.05) is 36.4 Å². The van der Waals surface area contributed by atoms with E-state index in [2.05, 4.69) is 4.98 Å². The molecule has 2 heterocycles. The predicted molar refractivity (Wildman–Crippen MR) is 95.4 cm³/mol. The quantitative estimate of drug-likeness (QED) is 0.849. The van der Waals surface area contributed by atoms with E-state index >= 15 is 0 Å². The van der Waals surface area contributed by atoms with Crippen molar-refractivity contribution in [2.45, 2.75) is 45.9 Å². The minimum absolute atomic E-state index is 0.275. The fraction of sp³-hybridized carbons (Fsp3) is 0.400. The fourth-order valence-corrected chi connectivity index (χ4v) is 2.69. The highest BCUT2D eigenvalue weighted by molar-refractivity contribution is 5.68. The van der Waals surface area contributed by atoms with Crippen LogP contribution in [0.2, 0.25) is 0 Å². The molecule has 0 N–H and O–H groups in total. The van der Waals surface area contributed by atoms with Crippen molar-refractivity contribution in [3.05, 3.63) is 59.3 Å². The zero-order valence-electron chi connectivity index (χ0n) is 15.0. The summed E-state index contributed by atoms with van der Waals surface area (Å²) in [5, 5.41) is 0. The van der Waals surface area contributed by atoms with Crippen molar-refractivity contribution < 1.29 is 14.3 Å². The lowest BCUT2D eigenvalue weighted by molar-refractivity contribution is 0.0222. The minimum Gasteiger partial charge on any atom is -0.473 e. The van der Waals surface area contributed by atoms with Gasteiger partial charge in [-0.25, -0.2) is 9.78 Å². The second-order valence-corrected chi connectivity index (χ2v) is 7.18. The highest BCUT2D eigenvalue weighted by atomic mass is 16.6. The zero-order valence-corrected chi connectivity index (χ0v) is 15.0. The minimum atomic E-state index is -0.481. The molecule has 1 aromatic carbocycles. The maximum absolute atomic E-state index is 12.2. The molecule has 0 fully saturated rings. The molecule has 0 bridgehead atoms. The van der Waals surface area contributed by atoms with Crippen LogP contribution in [0, 0.1) is 0 Å². The van der Waals surface area contributed by atoms with Crippen LogP contribution in [0.1, 0.15) is 37.6 Å². The summed E-state index contributed by atoms with van der Waals surface area (Å²) in [5.74, 6) is 0.619. The summed E-state index contributed by atoms with van der Waals surface area (Å²) in [7, 11) is 0. The molecule has 5 nitrogen and oxygen atoms in total.